The summed E-state index contributed by atoms with van der Waals surface area (Å²) in [6.07, 6.45) is 1.50. The van der Waals surface area contributed by atoms with Crippen LogP contribution in [0.4, 0.5) is 5.69 Å². The molecule has 6 nitrogen and oxygen atoms in total. The van der Waals surface area contributed by atoms with Crippen molar-refractivity contribution in [1.82, 2.24) is 14.8 Å². The van der Waals surface area contributed by atoms with Gasteiger partial charge in [-0.05, 0) is 36.9 Å². The van der Waals surface area contributed by atoms with Crippen LogP contribution >= 0.6 is 0 Å². The number of hydrogen-bond donors (Lipinski definition) is 0. The highest BCUT2D eigenvalue weighted by Gasteiger charge is 2.40. The van der Waals surface area contributed by atoms with Crippen LogP contribution in [0.1, 0.15) is 32.0 Å². The van der Waals surface area contributed by atoms with E-state index in [0.29, 0.717) is 33.5 Å². The molecule has 0 atom stereocenters. The van der Waals surface area contributed by atoms with Gasteiger partial charge in [0.1, 0.15) is 0 Å². The van der Waals surface area contributed by atoms with Gasteiger partial charge >= 0.3 is 0 Å². The number of amides is 2. The maximum Gasteiger partial charge on any atom is 0.267 e. The van der Waals surface area contributed by atoms with Crippen molar-refractivity contribution in [3.8, 4) is 5.69 Å². The topological polar surface area (TPSA) is 68.1 Å². The first-order chi connectivity index (χ1) is 15.6. The van der Waals surface area contributed by atoms with E-state index in [1.165, 1.54) is 11.1 Å². The molecule has 5 aromatic rings. The zero-order chi connectivity index (χ0) is 22.0. The lowest BCUT2D eigenvalue weighted by atomic mass is 10.1. The number of carbonyl (C=O) groups is 2. The zero-order valence-electron chi connectivity index (χ0n) is 17.5. The Hall–Kier alpha value is -4.32. The minimum Gasteiger partial charge on any atom is -0.268 e. The number of fused-ring (bicyclic) bond motifs is 4. The van der Waals surface area contributed by atoms with Crippen molar-refractivity contribution in [2.75, 3.05) is 4.90 Å². The number of nitrogens with zero attached hydrogens (tertiary/aromatic N) is 4. The molecule has 1 aliphatic rings. The minimum absolute atomic E-state index is 0.308. The number of aromatic nitrogens is 3. The van der Waals surface area contributed by atoms with E-state index in [4.69, 9.17) is 0 Å². The van der Waals surface area contributed by atoms with Crippen LogP contribution in [-0.2, 0) is 0 Å². The second kappa shape index (κ2) is 6.59. The van der Waals surface area contributed by atoms with Gasteiger partial charge in [-0.2, -0.15) is 5.10 Å². The minimum atomic E-state index is -0.362. The first kappa shape index (κ1) is 18.4. The highest BCUT2D eigenvalue weighted by molar-refractivity contribution is 6.38. The summed E-state index contributed by atoms with van der Waals surface area (Å²) in [5, 5.41) is 7.11. The van der Waals surface area contributed by atoms with Gasteiger partial charge in [-0.15, -0.1) is 0 Å². The van der Waals surface area contributed by atoms with Crippen molar-refractivity contribution in [1.29, 1.82) is 0 Å². The zero-order valence-corrected chi connectivity index (χ0v) is 17.5. The van der Waals surface area contributed by atoms with Crippen molar-refractivity contribution in [3.63, 3.8) is 0 Å². The molecule has 0 aliphatic carbocycles. The monoisotopic (exact) mass is 418 g/mol. The van der Waals surface area contributed by atoms with Gasteiger partial charge in [-0.1, -0.05) is 54.6 Å². The summed E-state index contributed by atoms with van der Waals surface area (Å²) in [7, 11) is 0. The molecule has 0 bridgehead atoms. The van der Waals surface area contributed by atoms with Crippen LogP contribution in [0.25, 0.3) is 27.5 Å². The SMILES string of the molecule is Cc1ccccc1-n1nc(C)c2c3c(cnc21)C(=O)N(c1cccc2ccccc12)C3=O. The number of benzene rings is 3. The number of carbonyl (C=O) groups excluding carboxylic acids is 2. The molecule has 6 heteroatoms. The summed E-state index contributed by atoms with van der Waals surface area (Å²) in [6, 6.07) is 21.2. The standard InChI is InChI=1S/C26H18N4O2/c1-15-8-3-6-12-20(15)30-24-22(16(2)28-30)23-19(14-27-24)25(31)29(26(23)32)21-13-7-10-17-9-4-5-11-18(17)21/h3-14H,1-2H3. The second-order valence-corrected chi connectivity index (χ2v) is 7.97. The number of imide groups is 1. The molecule has 2 aromatic heterocycles. The van der Waals surface area contributed by atoms with Crippen LogP contribution in [0.5, 0.6) is 0 Å². The van der Waals surface area contributed by atoms with Crippen molar-refractivity contribution in [2.45, 2.75) is 13.8 Å². The molecular weight excluding hydrogens is 400 g/mol. The molecule has 0 N–H and O–H groups in total. The first-order valence-electron chi connectivity index (χ1n) is 10.4. The average molecular weight is 418 g/mol. The Morgan fingerprint density at radius 2 is 1.50 bits per heavy atom. The lowest BCUT2D eigenvalue weighted by Crippen LogP contribution is -2.29. The molecule has 0 fully saturated rings. The summed E-state index contributed by atoms with van der Waals surface area (Å²) in [5.74, 6) is -0.708. The molecule has 1 aliphatic heterocycles. The van der Waals surface area contributed by atoms with Crippen LogP contribution in [0, 0.1) is 13.8 Å². The Bertz CT molecular complexity index is 1590. The van der Waals surface area contributed by atoms with Gasteiger partial charge in [-0.3, -0.25) is 9.59 Å². The Morgan fingerprint density at radius 3 is 2.34 bits per heavy atom. The van der Waals surface area contributed by atoms with Crippen molar-refractivity contribution < 1.29 is 9.59 Å². The maximum atomic E-state index is 13.7. The summed E-state index contributed by atoms with van der Waals surface area (Å²) in [6.45, 7) is 3.85. The van der Waals surface area contributed by atoms with Crippen molar-refractivity contribution >= 4 is 39.3 Å². The third-order valence-electron chi connectivity index (χ3n) is 6.07. The number of para-hydroxylation sites is 1. The Labute approximate surface area is 183 Å². The van der Waals surface area contributed by atoms with Crippen molar-refractivity contribution in [3.05, 3.63) is 95.3 Å². The predicted molar refractivity (Wildman–Crippen MR) is 123 cm³/mol. The third-order valence-corrected chi connectivity index (χ3v) is 6.07. The molecule has 2 amide bonds. The Kier molecular flexibility index (Phi) is 3.80. The summed E-state index contributed by atoms with van der Waals surface area (Å²) in [4.78, 5) is 32.9. The second-order valence-electron chi connectivity index (χ2n) is 7.97. The van der Waals surface area contributed by atoms with Crippen LogP contribution in [-0.4, -0.2) is 26.6 Å². The molecule has 32 heavy (non-hydrogen) atoms. The van der Waals surface area contributed by atoms with Crippen LogP contribution < -0.4 is 4.90 Å². The average Bonchev–Trinajstić information content (AvgIpc) is 3.27. The van der Waals surface area contributed by atoms with E-state index in [0.717, 1.165) is 22.0 Å². The third kappa shape index (κ3) is 2.40. The Balaban J connectivity index is 1.59. The quantitative estimate of drug-likeness (QED) is 0.379. The van der Waals surface area contributed by atoms with Gasteiger partial charge in [0.2, 0.25) is 0 Å². The molecule has 0 unspecified atom stereocenters. The molecule has 0 saturated carbocycles. The van der Waals surface area contributed by atoms with Crippen LogP contribution in [0.2, 0.25) is 0 Å². The van der Waals surface area contributed by atoms with E-state index >= 15 is 0 Å². The molecule has 154 valence electrons. The van der Waals surface area contributed by atoms with E-state index < -0.39 is 0 Å². The van der Waals surface area contributed by atoms with Gasteiger partial charge in [0.25, 0.3) is 11.8 Å². The van der Waals surface area contributed by atoms with E-state index in [9.17, 15) is 9.59 Å². The van der Waals surface area contributed by atoms with Gasteiger partial charge in [-0.25, -0.2) is 14.6 Å². The van der Waals surface area contributed by atoms with Crippen LogP contribution in [0.15, 0.2) is 72.9 Å². The largest absolute Gasteiger partial charge is 0.268 e. The number of anilines is 1. The van der Waals surface area contributed by atoms with Gasteiger partial charge in [0.15, 0.2) is 5.65 Å². The molecule has 0 radical (unpaired) electrons. The molecule has 3 aromatic carbocycles. The normalized spacial score (nSPS) is 13.4. The fourth-order valence-electron chi connectivity index (χ4n) is 4.55. The first-order valence-corrected chi connectivity index (χ1v) is 10.4. The number of rotatable bonds is 2. The molecular formula is C26H18N4O2. The summed E-state index contributed by atoms with van der Waals surface area (Å²) in [5.41, 5.74) is 4.41. The molecule has 0 saturated heterocycles. The fourth-order valence-corrected chi connectivity index (χ4v) is 4.55. The van der Waals surface area contributed by atoms with E-state index in [-0.39, 0.29) is 11.8 Å². The number of pyridine rings is 1. The van der Waals surface area contributed by atoms with E-state index in [1.54, 1.807) is 10.7 Å². The summed E-state index contributed by atoms with van der Waals surface area (Å²) < 4.78 is 1.75. The van der Waals surface area contributed by atoms with Crippen molar-refractivity contribution in [2.24, 2.45) is 0 Å². The maximum absolute atomic E-state index is 13.7. The summed E-state index contributed by atoms with van der Waals surface area (Å²) >= 11 is 0. The number of hydrogen-bond acceptors (Lipinski definition) is 4. The molecule has 0 spiro atoms. The Morgan fingerprint density at radius 1 is 0.781 bits per heavy atom. The fraction of sp³-hybridized carbons (Fsp3) is 0.0769. The van der Waals surface area contributed by atoms with Crippen LogP contribution in [0.3, 0.4) is 0 Å². The molecule has 3 heterocycles. The lowest BCUT2D eigenvalue weighted by Gasteiger charge is -2.16. The predicted octanol–water partition coefficient (Wildman–Crippen LogP) is 4.99. The number of aryl methyl sites for hydroxylation is 2. The van der Waals surface area contributed by atoms with Gasteiger partial charge in [0, 0.05) is 11.6 Å². The van der Waals surface area contributed by atoms with Gasteiger partial charge in [0.05, 0.1) is 33.6 Å². The van der Waals surface area contributed by atoms with E-state index in [1.807, 2.05) is 74.5 Å². The highest BCUT2D eigenvalue weighted by Crippen LogP contribution is 2.37. The molecule has 6 rings (SSSR count). The smallest absolute Gasteiger partial charge is 0.267 e. The van der Waals surface area contributed by atoms with E-state index in [2.05, 4.69) is 10.1 Å². The highest BCUT2D eigenvalue weighted by atomic mass is 16.2. The lowest BCUT2D eigenvalue weighted by molar-refractivity contribution is 0.0927. The van der Waals surface area contributed by atoms with Gasteiger partial charge < -0.3 is 0 Å².